The predicted octanol–water partition coefficient (Wildman–Crippen LogP) is 1.43. The molecule has 2 saturated carbocycles. The molecular formula is C15H18O4. The van der Waals surface area contributed by atoms with Gasteiger partial charge in [-0.25, -0.2) is 0 Å². The van der Waals surface area contributed by atoms with Gasteiger partial charge >= 0.3 is 5.97 Å². The Morgan fingerprint density at radius 3 is 2.79 bits per heavy atom. The molecule has 0 unspecified atom stereocenters. The van der Waals surface area contributed by atoms with Gasteiger partial charge in [0, 0.05) is 5.57 Å². The summed E-state index contributed by atoms with van der Waals surface area (Å²) in [5, 5.41) is 10.1. The number of hydrogen-bond acceptors (Lipinski definition) is 4. The Morgan fingerprint density at radius 1 is 1.37 bits per heavy atom. The monoisotopic (exact) mass is 262 g/mol. The van der Waals surface area contributed by atoms with Crippen molar-refractivity contribution in [1.82, 2.24) is 0 Å². The number of aldehydes is 1. The average molecular weight is 262 g/mol. The number of carbonyl (C=O) groups is 2. The average Bonchev–Trinajstić information content (AvgIpc) is 2.89. The van der Waals surface area contributed by atoms with E-state index in [1.165, 1.54) is 0 Å². The molecule has 0 amide bonds. The lowest BCUT2D eigenvalue weighted by molar-refractivity contribution is -0.165. The van der Waals surface area contributed by atoms with E-state index in [1.807, 2.05) is 6.08 Å². The van der Waals surface area contributed by atoms with Gasteiger partial charge < -0.3 is 9.84 Å². The number of aliphatic hydroxyl groups is 1. The highest BCUT2D eigenvalue weighted by Crippen LogP contribution is 2.82. The SMILES string of the molecule is CC1(C)C[C@@H]2C=C(C=O)[C@]34C[C@]3(C(=O)O[C@H]4O)[C@H]2C1. The first kappa shape index (κ1) is 11.6. The first-order chi connectivity index (χ1) is 8.87. The van der Waals surface area contributed by atoms with Crippen molar-refractivity contribution in [1.29, 1.82) is 0 Å². The zero-order valence-corrected chi connectivity index (χ0v) is 11.2. The lowest BCUT2D eigenvalue weighted by Crippen LogP contribution is -2.35. The van der Waals surface area contributed by atoms with Gasteiger partial charge in [-0.2, -0.15) is 0 Å². The second-order valence-corrected chi connectivity index (χ2v) is 7.46. The molecule has 0 bridgehead atoms. The van der Waals surface area contributed by atoms with Crippen molar-refractivity contribution in [3.8, 4) is 0 Å². The maximum absolute atomic E-state index is 12.3. The van der Waals surface area contributed by atoms with Gasteiger partial charge in [0.05, 0.1) is 10.8 Å². The van der Waals surface area contributed by atoms with Gasteiger partial charge in [0.15, 0.2) is 0 Å². The minimum atomic E-state index is -1.14. The third-order valence-electron chi connectivity index (χ3n) is 5.98. The lowest BCUT2D eigenvalue weighted by Gasteiger charge is -2.30. The van der Waals surface area contributed by atoms with E-state index in [-0.39, 0.29) is 23.2 Å². The number of fused-ring (bicyclic) bond motifs is 1. The van der Waals surface area contributed by atoms with Crippen molar-refractivity contribution in [2.24, 2.45) is 28.1 Å². The third-order valence-corrected chi connectivity index (χ3v) is 5.98. The topological polar surface area (TPSA) is 63.6 Å². The van der Waals surface area contributed by atoms with E-state index >= 15 is 0 Å². The molecule has 4 aliphatic rings. The van der Waals surface area contributed by atoms with Gasteiger partial charge in [-0.1, -0.05) is 19.9 Å². The highest BCUT2D eigenvalue weighted by Gasteiger charge is 2.87. The molecule has 0 spiro atoms. The number of hydrogen-bond donors (Lipinski definition) is 1. The zero-order valence-electron chi connectivity index (χ0n) is 11.2. The molecule has 4 nitrogen and oxygen atoms in total. The van der Waals surface area contributed by atoms with Crippen LogP contribution in [0.3, 0.4) is 0 Å². The molecule has 1 aliphatic heterocycles. The van der Waals surface area contributed by atoms with Crippen LogP contribution in [0.25, 0.3) is 0 Å². The van der Waals surface area contributed by atoms with Crippen LogP contribution in [0.4, 0.5) is 0 Å². The van der Waals surface area contributed by atoms with Crippen LogP contribution in [0, 0.1) is 28.1 Å². The van der Waals surface area contributed by atoms with Crippen LogP contribution >= 0.6 is 0 Å². The number of aliphatic hydroxyl groups excluding tert-OH is 1. The van der Waals surface area contributed by atoms with Crippen LogP contribution < -0.4 is 0 Å². The molecule has 1 heterocycles. The minimum Gasteiger partial charge on any atom is -0.434 e. The molecule has 3 fully saturated rings. The number of allylic oxidation sites excluding steroid dienone is 1. The van der Waals surface area contributed by atoms with E-state index in [2.05, 4.69) is 13.8 Å². The van der Waals surface area contributed by atoms with E-state index in [4.69, 9.17) is 4.74 Å². The fourth-order valence-electron chi connectivity index (χ4n) is 5.23. The molecule has 5 atom stereocenters. The summed E-state index contributed by atoms with van der Waals surface area (Å²) in [4.78, 5) is 23.7. The Labute approximate surface area is 111 Å². The maximum Gasteiger partial charge on any atom is 0.315 e. The summed E-state index contributed by atoms with van der Waals surface area (Å²) < 4.78 is 5.08. The summed E-state index contributed by atoms with van der Waals surface area (Å²) in [5.41, 5.74) is -0.575. The van der Waals surface area contributed by atoms with E-state index in [9.17, 15) is 14.7 Å². The number of rotatable bonds is 1. The van der Waals surface area contributed by atoms with E-state index in [1.54, 1.807) is 0 Å². The molecule has 1 saturated heterocycles. The summed E-state index contributed by atoms with van der Waals surface area (Å²) in [6.45, 7) is 4.41. The van der Waals surface area contributed by atoms with Crippen molar-refractivity contribution in [3.63, 3.8) is 0 Å². The Balaban J connectivity index is 1.89. The van der Waals surface area contributed by atoms with E-state index in [0.29, 0.717) is 12.0 Å². The number of cyclic esters (lactones) is 1. The second-order valence-electron chi connectivity index (χ2n) is 7.46. The summed E-state index contributed by atoms with van der Waals surface area (Å²) in [6.07, 6.45) is 4.22. The molecule has 1 N–H and O–H groups in total. The van der Waals surface area contributed by atoms with Gasteiger partial charge in [-0.3, -0.25) is 9.59 Å². The largest absolute Gasteiger partial charge is 0.434 e. The second kappa shape index (κ2) is 2.95. The van der Waals surface area contributed by atoms with Crippen LogP contribution in [0.2, 0.25) is 0 Å². The molecule has 4 rings (SSSR count). The van der Waals surface area contributed by atoms with E-state index in [0.717, 1.165) is 19.1 Å². The Morgan fingerprint density at radius 2 is 2.11 bits per heavy atom. The predicted molar refractivity (Wildman–Crippen MR) is 65.7 cm³/mol. The van der Waals surface area contributed by atoms with Crippen molar-refractivity contribution in [3.05, 3.63) is 11.6 Å². The normalized spacial score (nSPS) is 52.7. The first-order valence-corrected chi connectivity index (χ1v) is 6.94. The fraction of sp³-hybridized carbons (Fsp3) is 0.733. The van der Waals surface area contributed by atoms with Gasteiger partial charge in [0.2, 0.25) is 6.29 Å². The molecule has 4 heteroatoms. The molecule has 0 aromatic rings. The molecular weight excluding hydrogens is 244 g/mol. The highest BCUT2D eigenvalue weighted by atomic mass is 16.6. The quantitative estimate of drug-likeness (QED) is 0.573. The number of carbonyl (C=O) groups excluding carboxylic acids is 2. The first-order valence-electron chi connectivity index (χ1n) is 6.94. The lowest BCUT2D eigenvalue weighted by atomic mass is 9.69. The van der Waals surface area contributed by atoms with Gasteiger partial charge in [0.25, 0.3) is 0 Å². The van der Waals surface area contributed by atoms with Crippen molar-refractivity contribution in [2.75, 3.05) is 0 Å². The molecule has 19 heavy (non-hydrogen) atoms. The summed E-state index contributed by atoms with van der Waals surface area (Å²) in [6, 6.07) is 0. The zero-order chi connectivity index (χ0) is 13.6. The Hall–Kier alpha value is -1.16. The van der Waals surface area contributed by atoms with Crippen LogP contribution in [-0.4, -0.2) is 23.7 Å². The summed E-state index contributed by atoms with van der Waals surface area (Å²) in [7, 11) is 0. The molecule has 0 aromatic carbocycles. The van der Waals surface area contributed by atoms with Crippen molar-refractivity contribution in [2.45, 2.75) is 39.4 Å². The maximum atomic E-state index is 12.3. The molecule has 3 aliphatic carbocycles. The molecule has 0 aromatic heterocycles. The van der Waals surface area contributed by atoms with Gasteiger partial charge in [-0.05, 0) is 36.5 Å². The Bertz CT molecular complexity index is 534. The standard InChI is InChI=1S/C15H18O4/c1-13(2)4-8-3-9(6-16)14-7-15(14,10(8)5-13)12(18)19-11(14)17/h3,6,8,10-11,17H,4-5,7H2,1-2H3/t8-,10-,11+,14-,15+/m0/s1. The Kier molecular flexibility index (Phi) is 1.81. The highest BCUT2D eigenvalue weighted by molar-refractivity contribution is 5.93. The fourth-order valence-corrected chi connectivity index (χ4v) is 5.23. The van der Waals surface area contributed by atoms with Gasteiger partial charge in [-0.15, -0.1) is 0 Å². The smallest absolute Gasteiger partial charge is 0.315 e. The summed E-state index contributed by atoms with van der Waals surface area (Å²) in [5.74, 6) is 0.194. The minimum absolute atomic E-state index is 0.182. The number of ether oxygens (including phenoxy) is 1. The van der Waals surface area contributed by atoms with Crippen molar-refractivity contribution < 1.29 is 19.4 Å². The van der Waals surface area contributed by atoms with Crippen LogP contribution in [-0.2, 0) is 14.3 Å². The van der Waals surface area contributed by atoms with Crippen molar-refractivity contribution >= 4 is 12.3 Å². The summed E-state index contributed by atoms with van der Waals surface area (Å²) >= 11 is 0. The number of esters is 1. The van der Waals surface area contributed by atoms with Crippen LogP contribution in [0.15, 0.2) is 11.6 Å². The van der Waals surface area contributed by atoms with Gasteiger partial charge in [0.1, 0.15) is 6.29 Å². The molecule has 102 valence electrons. The van der Waals surface area contributed by atoms with Crippen LogP contribution in [0.1, 0.15) is 33.1 Å². The van der Waals surface area contributed by atoms with Crippen LogP contribution in [0.5, 0.6) is 0 Å². The molecule has 0 radical (unpaired) electrons. The third kappa shape index (κ3) is 1.04. The van der Waals surface area contributed by atoms with E-state index < -0.39 is 17.1 Å².